The van der Waals surface area contributed by atoms with Crippen LogP contribution in [0.25, 0.3) is 0 Å². The molecular weight excluding hydrogens is 214 g/mol. The normalized spacial score (nSPS) is 12.2. The highest BCUT2D eigenvalue weighted by atomic mass is 32.3. The van der Waals surface area contributed by atoms with E-state index in [1.54, 1.807) is 0 Å². The van der Waals surface area contributed by atoms with Gasteiger partial charge >= 0.3 is 20.6 Å². The summed E-state index contributed by atoms with van der Waals surface area (Å²) in [6.45, 7) is 4.00. The maximum atomic E-state index is 9.67. The summed E-state index contributed by atoms with van der Waals surface area (Å²) in [7, 11) is -10.6. The van der Waals surface area contributed by atoms with Gasteiger partial charge in [-0.1, -0.05) is 13.8 Å². The van der Waals surface area contributed by atoms with Crippen molar-refractivity contribution in [1.29, 1.82) is 0 Å². The molecule has 0 aromatic rings. The van der Waals surface area contributed by atoms with Gasteiger partial charge in [0.2, 0.25) is 0 Å². The molecule has 0 aliphatic carbocycles. The van der Waals surface area contributed by atoms with Crippen LogP contribution in [0.4, 0.5) is 0 Å². The Hall–Kier alpha value is -0.260. The van der Waals surface area contributed by atoms with Crippen LogP contribution in [0.1, 0.15) is 13.8 Å². The van der Waals surface area contributed by atoms with Crippen molar-refractivity contribution in [2.24, 2.45) is 0 Å². The van der Waals surface area contributed by atoms with E-state index in [1.807, 2.05) is 13.8 Å². The van der Waals surface area contributed by atoms with Crippen LogP contribution in [-0.4, -0.2) is 35.0 Å². The van der Waals surface area contributed by atoms with Gasteiger partial charge in [0.25, 0.3) is 0 Å². The van der Waals surface area contributed by atoms with Crippen LogP contribution in [0.5, 0.6) is 0 Å². The van der Waals surface area contributed by atoms with Crippen molar-refractivity contribution in [3.63, 3.8) is 0 Å². The van der Waals surface area contributed by atoms with Crippen molar-refractivity contribution >= 4 is 20.6 Å². The topological polar surface area (TPSA) is 132 Å². The van der Waals surface area contributed by atoms with Gasteiger partial charge in [-0.3, -0.25) is 14.3 Å². The Morgan fingerprint density at radius 3 is 1.08 bits per heavy atom. The standard InChI is InChI=1S/C2H6.H3NO7S2/c1-2;2-1(9(3,4)5)10(6,7)8/h1-2H3;2H,(H,3,4,5)(H,6,7,8). The molecule has 0 amide bonds. The molecule has 0 heterocycles. The summed E-state index contributed by atoms with van der Waals surface area (Å²) in [5.41, 5.74) is 0. The Labute approximate surface area is 70.1 Å². The first kappa shape index (κ1) is 14.3. The van der Waals surface area contributed by atoms with Crippen LogP contribution >= 0.6 is 0 Å². The molecule has 0 saturated carbocycles. The average molecular weight is 223 g/mol. The molecule has 10 heteroatoms. The van der Waals surface area contributed by atoms with E-state index in [4.69, 9.17) is 14.3 Å². The van der Waals surface area contributed by atoms with E-state index >= 15 is 0 Å². The number of hydrogen-bond acceptors (Lipinski definition) is 5. The van der Waals surface area contributed by atoms with Crippen LogP contribution in [0, 0.1) is 0 Å². The lowest BCUT2D eigenvalue weighted by molar-refractivity contribution is 0.0715. The molecule has 0 aliphatic rings. The van der Waals surface area contributed by atoms with Gasteiger partial charge in [0.1, 0.15) is 0 Å². The summed E-state index contributed by atoms with van der Waals surface area (Å²) >= 11 is 0. The highest BCUT2D eigenvalue weighted by Crippen LogP contribution is 1.97. The van der Waals surface area contributed by atoms with E-state index in [1.165, 1.54) is 0 Å². The summed E-state index contributed by atoms with van der Waals surface area (Å²) in [4.78, 5) is 0. The SMILES string of the molecule is CC.O=S(=O)(O)N(O)S(=O)(=O)O. The monoisotopic (exact) mass is 223 g/mol. The third-order valence-corrected chi connectivity index (χ3v) is 2.31. The lowest BCUT2D eigenvalue weighted by atomic mass is 11.0. The van der Waals surface area contributed by atoms with E-state index in [0.29, 0.717) is 0 Å². The molecule has 0 rings (SSSR count). The van der Waals surface area contributed by atoms with E-state index in [0.717, 1.165) is 0 Å². The fraction of sp³-hybridized carbons (Fsp3) is 1.00. The predicted octanol–water partition coefficient (Wildman–Crippen LogP) is -0.691. The summed E-state index contributed by atoms with van der Waals surface area (Å²) in [6, 6.07) is 0. The van der Waals surface area contributed by atoms with Crippen molar-refractivity contribution in [1.82, 2.24) is 3.87 Å². The molecule has 12 heavy (non-hydrogen) atoms. The Bertz CT molecular complexity index is 268. The second-order valence-electron chi connectivity index (χ2n) is 1.13. The summed E-state index contributed by atoms with van der Waals surface area (Å²) in [5.74, 6) is 0. The highest BCUT2D eigenvalue weighted by molar-refractivity contribution is 7.98. The first-order valence-corrected chi connectivity index (χ1v) is 5.39. The lowest BCUT2D eigenvalue weighted by Gasteiger charge is -2.03. The van der Waals surface area contributed by atoms with Crippen molar-refractivity contribution in [2.45, 2.75) is 13.8 Å². The Morgan fingerprint density at radius 1 is 0.917 bits per heavy atom. The quantitative estimate of drug-likeness (QED) is 0.416. The molecule has 0 unspecified atom stereocenters. The van der Waals surface area contributed by atoms with E-state index in [-0.39, 0.29) is 0 Å². The third-order valence-electron chi connectivity index (χ3n) is 0.395. The summed E-state index contributed by atoms with van der Waals surface area (Å²) in [5, 5.41) is 7.88. The molecule has 0 aromatic carbocycles. The van der Waals surface area contributed by atoms with Crippen molar-refractivity contribution < 1.29 is 31.1 Å². The number of rotatable bonds is 2. The first-order chi connectivity index (χ1) is 5.15. The van der Waals surface area contributed by atoms with Crippen LogP contribution in [0.3, 0.4) is 0 Å². The largest absolute Gasteiger partial charge is 0.374 e. The van der Waals surface area contributed by atoms with Crippen LogP contribution in [0.2, 0.25) is 0 Å². The van der Waals surface area contributed by atoms with Gasteiger partial charge < -0.3 is 0 Å². The van der Waals surface area contributed by atoms with Gasteiger partial charge in [0, 0.05) is 0 Å². The van der Waals surface area contributed by atoms with Crippen LogP contribution in [-0.2, 0) is 20.6 Å². The molecule has 3 N–H and O–H groups in total. The summed E-state index contributed by atoms with van der Waals surface area (Å²) in [6.07, 6.45) is 0. The van der Waals surface area contributed by atoms with Crippen molar-refractivity contribution in [3.8, 4) is 0 Å². The zero-order chi connectivity index (χ0) is 10.6. The molecule has 8 nitrogen and oxygen atoms in total. The molecule has 0 bridgehead atoms. The maximum Gasteiger partial charge on any atom is 0.374 e. The fourth-order valence-corrected chi connectivity index (χ4v) is 1.07. The Balaban J connectivity index is 0. The highest BCUT2D eigenvalue weighted by Gasteiger charge is 2.28. The molecule has 0 spiro atoms. The first-order valence-electron chi connectivity index (χ1n) is 2.60. The molecular formula is C2H9NO7S2. The third kappa shape index (κ3) is 5.40. The zero-order valence-corrected chi connectivity index (χ0v) is 7.87. The second-order valence-corrected chi connectivity index (χ2v) is 3.85. The molecule has 0 saturated heterocycles. The minimum atomic E-state index is -5.31. The zero-order valence-electron chi connectivity index (χ0n) is 6.24. The molecule has 76 valence electrons. The van der Waals surface area contributed by atoms with Crippen molar-refractivity contribution in [2.75, 3.05) is 0 Å². The molecule has 0 fully saturated rings. The Kier molecular flexibility index (Phi) is 5.58. The molecule has 0 aromatic heterocycles. The van der Waals surface area contributed by atoms with E-state index < -0.39 is 24.5 Å². The van der Waals surface area contributed by atoms with Crippen LogP contribution < -0.4 is 0 Å². The van der Waals surface area contributed by atoms with Gasteiger partial charge in [-0.05, 0) is 0 Å². The summed E-state index contributed by atoms with van der Waals surface area (Å²) < 4.78 is 52.6. The van der Waals surface area contributed by atoms with E-state index in [2.05, 4.69) is 0 Å². The molecule has 0 aliphatic heterocycles. The predicted molar refractivity (Wildman–Crippen MR) is 38.1 cm³/mol. The average Bonchev–Trinajstić information content (AvgIpc) is 1.87. The number of nitrogens with zero attached hydrogens (tertiary/aromatic N) is 1. The van der Waals surface area contributed by atoms with Crippen LogP contribution in [0.15, 0.2) is 0 Å². The molecule has 0 radical (unpaired) electrons. The van der Waals surface area contributed by atoms with Gasteiger partial charge in [-0.15, -0.1) is 0 Å². The van der Waals surface area contributed by atoms with Crippen molar-refractivity contribution in [3.05, 3.63) is 0 Å². The minimum absolute atomic E-state index is 1.57. The number of hydrogen-bond donors (Lipinski definition) is 3. The van der Waals surface area contributed by atoms with Gasteiger partial charge in [0.15, 0.2) is 0 Å². The minimum Gasteiger partial charge on any atom is -0.282 e. The lowest BCUT2D eigenvalue weighted by Crippen LogP contribution is -2.32. The smallest absolute Gasteiger partial charge is 0.282 e. The molecule has 0 atom stereocenters. The fourth-order valence-electron chi connectivity index (χ4n) is 0.119. The second kappa shape index (κ2) is 4.69. The van der Waals surface area contributed by atoms with Gasteiger partial charge in [-0.25, -0.2) is 0 Å². The van der Waals surface area contributed by atoms with Gasteiger partial charge in [0.05, 0.1) is 3.87 Å². The maximum absolute atomic E-state index is 9.67. The van der Waals surface area contributed by atoms with E-state index in [9.17, 15) is 16.8 Å². The van der Waals surface area contributed by atoms with Gasteiger partial charge in [-0.2, -0.15) is 16.8 Å². The Morgan fingerprint density at radius 2 is 1.08 bits per heavy atom.